The molecule has 1 aromatic carbocycles. The third kappa shape index (κ3) is 3.41. The summed E-state index contributed by atoms with van der Waals surface area (Å²) in [5.74, 6) is 0.0239. The van der Waals surface area contributed by atoms with Gasteiger partial charge in [-0.1, -0.05) is 0 Å². The van der Waals surface area contributed by atoms with Gasteiger partial charge in [0, 0.05) is 35.9 Å². The van der Waals surface area contributed by atoms with Crippen molar-refractivity contribution >= 4 is 33.2 Å². The second kappa shape index (κ2) is 5.75. The molecule has 4 nitrogen and oxygen atoms in total. The maximum atomic E-state index is 11.0. The van der Waals surface area contributed by atoms with Gasteiger partial charge in [0.25, 0.3) is 0 Å². The molecule has 1 aromatic rings. The van der Waals surface area contributed by atoms with Crippen LogP contribution in [0.15, 0.2) is 16.6 Å². The summed E-state index contributed by atoms with van der Waals surface area (Å²) in [6, 6.07) is 3.82. The van der Waals surface area contributed by atoms with Crippen LogP contribution < -0.4 is 16.4 Å². The van der Waals surface area contributed by atoms with Gasteiger partial charge in [-0.25, -0.2) is 0 Å². The van der Waals surface area contributed by atoms with E-state index in [-0.39, 0.29) is 5.91 Å². The smallest absolute Gasteiger partial charge is 0.221 e. The summed E-state index contributed by atoms with van der Waals surface area (Å²) in [6.07, 6.45) is 0.451. The van der Waals surface area contributed by atoms with Crippen LogP contribution in [0, 0.1) is 6.92 Å². The Labute approximate surface area is 104 Å². The number of aryl methyl sites for hydroxylation is 1. The van der Waals surface area contributed by atoms with E-state index in [1.807, 2.05) is 19.1 Å². The number of hydrogen-bond acceptors (Lipinski definition) is 3. The number of nitrogens with one attached hydrogen (secondary N) is 2. The number of hydrogen-bond donors (Lipinski definition) is 3. The molecule has 4 N–H and O–H groups in total. The summed E-state index contributed by atoms with van der Waals surface area (Å²) in [6.45, 7) is 2.55. The fourth-order valence-corrected chi connectivity index (χ4v) is 1.77. The molecule has 88 valence electrons. The van der Waals surface area contributed by atoms with Crippen LogP contribution >= 0.6 is 15.9 Å². The zero-order valence-corrected chi connectivity index (χ0v) is 11.0. The topological polar surface area (TPSA) is 67.2 Å². The van der Waals surface area contributed by atoms with Gasteiger partial charge in [0.05, 0.1) is 0 Å². The molecule has 1 rings (SSSR count). The summed E-state index contributed by atoms with van der Waals surface area (Å²) in [4.78, 5) is 11.0. The van der Waals surface area contributed by atoms with Crippen LogP contribution in [-0.4, -0.2) is 19.5 Å². The van der Waals surface area contributed by atoms with Crippen molar-refractivity contribution in [3.05, 3.63) is 22.2 Å². The molecule has 0 aliphatic heterocycles. The van der Waals surface area contributed by atoms with Gasteiger partial charge in [-0.05, 0) is 40.5 Å². The lowest BCUT2D eigenvalue weighted by Gasteiger charge is -2.10. The van der Waals surface area contributed by atoms with Crippen LogP contribution in [0.5, 0.6) is 0 Å². The monoisotopic (exact) mass is 285 g/mol. The van der Waals surface area contributed by atoms with Crippen LogP contribution in [0.1, 0.15) is 12.0 Å². The molecule has 0 aromatic heterocycles. The van der Waals surface area contributed by atoms with E-state index >= 15 is 0 Å². The highest BCUT2D eigenvalue weighted by Crippen LogP contribution is 2.27. The zero-order chi connectivity index (χ0) is 12.1. The molecule has 0 spiro atoms. The Balaban J connectivity index is 2.60. The largest absolute Gasteiger partial charge is 0.398 e. The number of nitrogen functional groups attached to an aromatic ring is 1. The van der Waals surface area contributed by atoms with Gasteiger partial charge in [0.2, 0.25) is 5.91 Å². The van der Waals surface area contributed by atoms with Crippen molar-refractivity contribution in [1.29, 1.82) is 0 Å². The summed E-state index contributed by atoms with van der Waals surface area (Å²) in [7, 11) is 1.63. The molecule has 0 bridgehead atoms. The molecule has 5 heteroatoms. The number of anilines is 2. The molecule has 0 unspecified atom stereocenters. The van der Waals surface area contributed by atoms with Crippen molar-refractivity contribution in [2.75, 3.05) is 24.6 Å². The second-order valence-corrected chi connectivity index (χ2v) is 4.39. The van der Waals surface area contributed by atoms with E-state index in [1.54, 1.807) is 7.05 Å². The summed E-state index contributed by atoms with van der Waals surface area (Å²) < 4.78 is 0.910. The number of carbonyl (C=O) groups excluding carboxylic acids is 1. The van der Waals surface area contributed by atoms with Gasteiger partial charge in [-0.15, -0.1) is 0 Å². The van der Waals surface area contributed by atoms with Crippen molar-refractivity contribution in [1.82, 2.24) is 5.32 Å². The minimum Gasteiger partial charge on any atom is -0.398 e. The average molecular weight is 286 g/mol. The van der Waals surface area contributed by atoms with Gasteiger partial charge in [0.1, 0.15) is 0 Å². The highest BCUT2D eigenvalue weighted by molar-refractivity contribution is 9.10. The molecule has 0 saturated carbocycles. The Morgan fingerprint density at radius 1 is 1.50 bits per heavy atom. The van der Waals surface area contributed by atoms with Crippen molar-refractivity contribution in [3.8, 4) is 0 Å². The fraction of sp³-hybridized carbons (Fsp3) is 0.364. The highest BCUT2D eigenvalue weighted by Gasteiger charge is 2.04. The SMILES string of the molecule is CNC(=O)CCNc1cc(C)c(N)cc1Br. The Morgan fingerprint density at radius 3 is 2.81 bits per heavy atom. The van der Waals surface area contributed by atoms with Crippen LogP contribution in [0.25, 0.3) is 0 Å². The minimum absolute atomic E-state index is 0.0239. The first-order chi connectivity index (χ1) is 7.54. The van der Waals surface area contributed by atoms with E-state index in [1.165, 1.54) is 0 Å². The molecule has 0 heterocycles. The molecule has 0 radical (unpaired) electrons. The Morgan fingerprint density at radius 2 is 2.19 bits per heavy atom. The zero-order valence-electron chi connectivity index (χ0n) is 9.43. The first-order valence-electron chi connectivity index (χ1n) is 5.04. The van der Waals surface area contributed by atoms with Crippen LogP contribution in [-0.2, 0) is 4.79 Å². The molecule has 16 heavy (non-hydrogen) atoms. The van der Waals surface area contributed by atoms with Crippen LogP contribution in [0.2, 0.25) is 0 Å². The molecular formula is C11H16BrN3O. The second-order valence-electron chi connectivity index (χ2n) is 3.54. The van der Waals surface area contributed by atoms with Crippen molar-refractivity contribution in [2.24, 2.45) is 0 Å². The van der Waals surface area contributed by atoms with Crippen molar-refractivity contribution in [2.45, 2.75) is 13.3 Å². The van der Waals surface area contributed by atoms with E-state index in [4.69, 9.17) is 5.73 Å². The van der Waals surface area contributed by atoms with Crippen molar-refractivity contribution in [3.63, 3.8) is 0 Å². The average Bonchev–Trinajstić information content (AvgIpc) is 2.25. The first kappa shape index (κ1) is 12.8. The third-order valence-electron chi connectivity index (χ3n) is 2.30. The van der Waals surface area contributed by atoms with Crippen LogP contribution in [0.4, 0.5) is 11.4 Å². The first-order valence-corrected chi connectivity index (χ1v) is 5.84. The van der Waals surface area contributed by atoms with Gasteiger partial charge in [-0.3, -0.25) is 4.79 Å². The van der Waals surface area contributed by atoms with E-state index in [9.17, 15) is 4.79 Å². The minimum atomic E-state index is 0.0239. The molecule has 0 atom stereocenters. The Hall–Kier alpha value is -1.23. The normalized spacial score (nSPS) is 9.94. The van der Waals surface area contributed by atoms with Gasteiger partial charge in [-0.2, -0.15) is 0 Å². The van der Waals surface area contributed by atoms with Gasteiger partial charge < -0.3 is 16.4 Å². The number of benzene rings is 1. The predicted molar refractivity (Wildman–Crippen MR) is 70.5 cm³/mol. The maximum Gasteiger partial charge on any atom is 0.221 e. The van der Waals surface area contributed by atoms with E-state index in [2.05, 4.69) is 26.6 Å². The summed E-state index contributed by atoms with van der Waals surface area (Å²) in [5, 5.41) is 5.76. The number of amides is 1. The molecule has 0 aliphatic carbocycles. The third-order valence-corrected chi connectivity index (χ3v) is 2.96. The van der Waals surface area contributed by atoms with E-state index in [0.29, 0.717) is 13.0 Å². The molecule has 0 aliphatic rings. The van der Waals surface area contributed by atoms with Crippen LogP contribution in [0.3, 0.4) is 0 Å². The Kier molecular flexibility index (Phi) is 4.61. The molecule has 1 amide bonds. The lowest BCUT2D eigenvalue weighted by molar-refractivity contribution is -0.120. The Bertz CT molecular complexity index is 393. The number of halogens is 1. The quantitative estimate of drug-likeness (QED) is 0.740. The van der Waals surface area contributed by atoms with Crippen molar-refractivity contribution < 1.29 is 4.79 Å². The fourth-order valence-electron chi connectivity index (χ4n) is 1.27. The highest BCUT2D eigenvalue weighted by atomic mass is 79.9. The maximum absolute atomic E-state index is 11.0. The standard InChI is InChI=1S/C11H16BrN3O/c1-7-5-10(8(12)6-9(7)13)15-4-3-11(16)14-2/h5-6,15H,3-4,13H2,1-2H3,(H,14,16). The molecule has 0 fully saturated rings. The van der Waals surface area contributed by atoms with Gasteiger partial charge in [0.15, 0.2) is 0 Å². The van der Waals surface area contributed by atoms with Gasteiger partial charge >= 0.3 is 0 Å². The number of rotatable bonds is 4. The van der Waals surface area contributed by atoms with E-state index < -0.39 is 0 Å². The predicted octanol–water partition coefficient (Wildman–Crippen LogP) is 1.89. The lowest BCUT2D eigenvalue weighted by Crippen LogP contribution is -2.20. The number of nitrogens with two attached hydrogens (primary N) is 1. The molecular weight excluding hydrogens is 270 g/mol. The number of carbonyl (C=O) groups is 1. The van der Waals surface area contributed by atoms with E-state index in [0.717, 1.165) is 21.4 Å². The summed E-state index contributed by atoms with van der Waals surface area (Å²) in [5.41, 5.74) is 8.49. The summed E-state index contributed by atoms with van der Waals surface area (Å²) >= 11 is 3.42. The lowest BCUT2D eigenvalue weighted by atomic mass is 10.2. The molecule has 0 saturated heterocycles.